The van der Waals surface area contributed by atoms with Crippen LogP contribution in [0.25, 0.3) is 11.4 Å². The minimum Gasteiger partial charge on any atom is -0.353 e. The number of halogens is 1. The Bertz CT molecular complexity index is 941. The number of thioether (sulfide) groups is 1. The molecule has 0 atom stereocenters. The molecule has 0 fully saturated rings. The second kappa shape index (κ2) is 10.6. The van der Waals surface area contributed by atoms with Gasteiger partial charge in [-0.2, -0.15) is 0 Å². The Morgan fingerprint density at radius 2 is 1.76 bits per heavy atom. The summed E-state index contributed by atoms with van der Waals surface area (Å²) in [7, 11) is 0. The number of hydrogen-bond donors (Lipinski definition) is 1. The molecule has 5 nitrogen and oxygen atoms in total. The Morgan fingerprint density at radius 1 is 1.07 bits per heavy atom. The van der Waals surface area contributed by atoms with Crippen molar-refractivity contribution < 1.29 is 4.79 Å². The third-order valence-corrected chi connectivity index (χ3v) is 6.36. The van der Waals surface area contributed by atoms with Gasteiger partial charge in [-0.05, 0) is 24.5 Å². The molecule has 3 rings (SSSR count). The summed E-state index contributed by atoms with van der Waals surface area (Å²) in [6.07, 6.45) is 1.87. The van der Waals surface area contributed by atoms with Gasteiger partial charge in [-0.1, -0.05) is 90.1 Å². The minimum atomic E-state index is 0.0282. The van der Waals surface area contributed by atoms with Gasteiger partial charge in [-0.25, -0.2) is 0 Å². The maximum atomic E-state index is 12.3. The summed E-state index contributed by atoms with van der Waals surface area (Å²) < 4.78 is 3.04. The van der Waals surface area contributed by atoms with Crippen molar-refractivity contribution in [2.45, 2.75) is 44.4 Å². The molecule has 29 heavy (non-hydrogen) atoms. The number of nitrogens with one attached hydrogen (secondary N) is 1. The van der Waals surface area contributed by atoms with Crippen molar-refractivity contribution in [1.29, 1.82) is 0 Å². The Hall–Kier alpha value is -2.12. The lowest BCUT2D eigenvalue weighted by molar-refractivity contribution is -0.119. The van der Waals surface area contributed by atoms with Gasteiger partial charge < -0.3 is 5.32 Å². The van der Waals surface area contributed by atoms with Crippen LogP contribution in [0.15, 0.2) is 64.2 Å². The molecule has 0 saturated heterocycles. The summed E-state index contributed by atoms with van der Waals surface area (Å²) in [5, 5.41) is 12.7. The smallest absolute Gasteiger partial charge is 0.230 e. The van der Waals surface area contributed by atoms with Gasteiger partial charge in [0.2, 0.25) is 5.91 Å². The quantitative estimate of drug-likeness (QED) is 0.437. The fourth-order valence-corrected chi connectivity index (χ4v) is 4.25. The predicted octanol–water partition coefficient (Wildman–Crippen LogP) is 5.15. The Morgan fingerprint density at radius 3 is 2.45 bits per heavy atom. The summed E-state index contributed by atoms with van der Waals surface area (Å²) >= 11 is 5.04. The first-order valence-corrected chi connectivity index (χ1v) is 11.5. The molecule has 0 aliphatic heterocycles. The van der Waals surface area contributed by atoms with Gasteiger partial charge in [0.15, 0.2) is 11.0 Å². The molecule has 3 aromatic rings. The average Bonchev–Trinajstić information content (AvgIpc) is 3.13. The van der Waals surface area contributed by atoms with Crippen LogP contribution in [-0.2, 0) is 11.3 Å². The summed E-state index contributed by atoms with van der Waals surface area (Å²) in [6, 6.07) is 18.4. The number of hydrogen-bond acceptors (Lipinski definition) is 4. The predicted molar refractivity (Wildman–Crippen MR) is 122 cm³/mol. The molecule has 7 heteroatoms. The highest BCUT2D eigenvalue weighted by Gasteiger charge is 2.18. The highest BCUT2D eigenvalue weighted by molar-refractivity contribution is 9.10. The monoisotopic (exact) mass is 472 g/mol. The van der Waals surface area contributed by atoms with Gasteiger partial charge in [0.1, 0.15) is 0 Å². The molecule has 152 valence electrons. The van der Waals surface area contributed by atoms with Crippen LogP contribution in [0.5, 0.6) is 0 Å². The average molecular weight is 473 g/mol. The number of rotatable bonds is 9. The lowest BCUT2D eigenvalue weighted by Crippen LogP contribution is -2.35. The van der Waals surface area contributed by atoms with E-state index in [0.29, 0.717) is 12.3 Å². The van der Waals surface area contributed by atoms with Gasteiger partial charge in [0, 0.05) is 16.1 Å². The molecule has 0 saturated carbocycles. The molecule has 0 bridgehead atoms. The van der Waals surface area contributed by atoms with E-state index in [1.807, 2.05) is 42.5 Å². The van der Waals surface area contributed by atoms with E-state index >= 15 is 0 Å². The number of benzene rings is 2. The molecule has 0 radical (unpaired) electrons. The second-order valence-electron chi connectivity index (χ2n) is 6.73. The van der Waals surface area contributed by atoms with Crippen LogP contribution >= 0.6 is 27.7 Å². The van der Waals surface area contributed by atoms with E-state index in [2.05, 4.69) is 62.0 Å². The zero-order valence-electron chi connectivity index (χ0n) is 16.6. The highest BCUT2D eigenvalue weighted by Crippen LogP contribution is 2.30. The maximum absolute atomic E-state index is 12.3. The van der Waals surface area contributed by atoms with E-state index < -0.39 is 0 Å². The van der Waals surface area contributed by atoms with Crippen molar-refractivity contribution in [3.05, 3.63) is 64.6 Å². The van der Waals surface area contributed by atoms with Crippen molar-refractivity contribution in [3.8, 4) is 11.4 Å². The van der Waals surface area contributed by atoms with Crippen LogP contribution < -0.4 is 5.32 Å². The summed E-state index contributed by atoms with van der Waals surface area (Å²) in [6.45, 7) is 4.81. The number of amides is 1. The van der Waals surface area contributed by atoms with Crippen molar-refractivity contribution in [2.24, 2.45) is 0 Å². The van der Waals surface area contributed by atoms with E-state index in [1.54, 1.807) is 0 Å². The van der Waals surface area contributed by atoms with Gasteiger partial charge >= 0.3 is 0 Å². The fraction of sp³-hybridized carbons (Fsp3) is 0.318. The fourth-order valence-electron chi connectivity index (χ4n) is 3.04. The lowest BCUT2D eigenvalue weighted by atomic mass is 10.2. The molecule has 0 aliphatic rings. The van der Waals surface area contributed by atoms with Crippen LogP contribution in [0.4, 0.5) is 0 Å². The number of aromatic nitrogens is 3. The molecule has 1 heterocycles. The van der Waals surface area contributed by atoms with Gasteiger partial charge in [-0.15, -0.1) is 10.2 Å². The van der Waals surface area contributed by atoms with E-state index in [-0.39, 0.29) is 11.9 Å². The largest absolute Gasteiger partial charge is 0.353 e. The second-order valence-corrected chi connectivity index (χ2v) is 8.52. The third kappa shape index (κ3) is 5.70. The normalized spacial score (nSPS) is 11.0. The molecular weight excluding hydrogens is 448 g/mol. The minimum absolute atomic E-state index is 0.0282. The first-order valence-electron chi connectivity index (χ1n) is 9.76. The Labute approximate surface area is 184 Å². The summed E-state index contributed by atoms with van der Waals surface area (Å²) in [4.78, 5) is 12.3. The Kier molecular flexibility index (Phi) is 7.89. The van der Waals surface area contributed by atoms with Crippen LogP contribution in [-0.4, -0.2) is 32.5 Å². The molecule has 2 aromatic carbocycles. The molecule has 0 spiro atoms. The first-order chi connectivity index (χ1) is 14.1. The van der Waals surface area contributed by atoms with Gasteiger partial charge in [0.25, 0.3) is 0 Å². The Balaban J connectivity index is 1.85. The van der Waals surface area contributed by atoms with Gasteiger partial charge in [-0.3, -0.25) is 9.36 Å². The summed E-state index contributed by atoms with van der Waals surface area (Å²) in [5.74, 6) is 1.13. The third-order valence-electron chi connectivity index (χ3n) is 4.70. The number of carbonyl (C=O) groups excluding carboxylic acids is 1. The first kappa shape index (κ1) is 21.6. The van der Waals surface area contributed by atoms with Crippen LogP contribution in [0, 0.1) is 0 Å². The van der Waals surface area contributed by atoms with Gasteiger partial charge in [0.05, 0.1) is 12.3 Å². The van der Waals surface area contributed by atoms with E-state index in [0.717, 1.165) is 39.4 Å². The van der Waals surface area contributed by atoms with Crippen LogP contribution in [0.1, 0.15) is 32.3 Å². The van der Waals surface area contributed by atoms with Crippen molar-refractivity contribution in [1.82, 2.24) is 20.1 Å². The molecule has 1 aromatic heterocycles. The molecular formula is C22H25BrN4OS. The number of nitrogens with zero attached hydrogens (tertiary/aromatic N) is 3. The van der Waals surface area contributed by atoms with E-state index in [9.17, 15) is 4.79 Å². The topological polar surface area (TPSA) is 59.8 Å². The lowest BCUT2D eigenvalue weighted by Gasteiger charge is -2.15. The summed E-state index contributed by atoms with van der Waals surface area (Å²) in [5.41, 5.74) is 2.13. The van der Waals surface area contributed by atoms with Crippen LogP contribution in [0.2, 0.25) is 0 Å². The van der Waals surface area contributed by atoms with Crippen molar-refractivity contribution >= 4 is 33.6 Å². The SMILES string of the molecule is CCC(CC)NC(=O)CSc1nnc(-c2ccccc2Br)n1Cc1ccccc1. The number of carbonyl (C=O) groups is 1. The molecule has 0 unspecified atom stereocenters. The maximum Gasteiger partial charge on any atom is 0.230 e. The molecule has 1 amide bonds. The van der Waals surface area contributed by atoms with E-state index in [4.69, 9.17) is 0 Å². The van der Waals surface area contributed by atoms with Crippen molar-refractivity contribution in [3.63, 3.8) is 0 Å². The zero-order valence-corrected chi connectivity index (χ0v) is 19.0. The molecule has 0 aliphatic carbocycles. The standard InChI is InChI=1S/C22H25BrN4OS/c1-3-17(4-2)24-20(28)15-29-22-26-25-21(18-12-8-9-13-19(18)23)27(22)14-16-10-6-5-7-11-16/h5-13,17H,3-4,14-15H2,1-2H3,(H,24,28). The molecule has 1 N–H and O–H groups in total. The zero-order chi connectivity index (χ0) is 20.6. The van der Waals surface area contributed by atoms with E-state index in [1.165, 1.54) is 11.8 Å². The van der Waals surface area contributed by atoms with Crippen molar-refractivity contribution in [2.75, 3.05) is 5.75 Å². The van der Waals surface area contributed by atoms with Crippen LogP contribution in [0.3, 0.4) is 0 Å². The highest BCUT2D eigenvalue weighted by atomic mass is 79.9.